The zero-order valence-electron chi connectivity index (χ0n) is 11.9. The SMILES string of the molecule is O=C(NC(c1ccccc1)c1ccncc1)c1cc(Cl)sc1Cl. The van der Waals surface area contributed by atoms with Gasteiger partial charge in [-0.05, 0) is 29.3 Å². The fourth-order valence-corrected chi connectivity index (χ4v) is 3.72. The van der Waals surface area contributed by atoms with Crippen LogP contribution in [0.1, 0.15) is 27.5 Å². The molecule has 2 heterocycles. The van der Waals surface area contributed by atoms with Crippen molar-refractivity contribution >= 4 is 40.4 Å². The number of halogens is 2. The summed E-state index contributed by atoms with van der Waals surface area (Å²) < 4.78 is 0.870. The third kappa shape index (κ3) is 3.72. The predicted octanol–water partition coefficient (Wildman–Crippen LogP) is 4.97. The first kappa shape index (κ1) is 16.0. The molecule has 6 heteroatoms. The van der Waals surface area contributed by atoms with Crippen LogP contribution >= 0.6 is 34.5 Å². The number of nitrogens with zero attached hydrogens (tertiary/aromatic N) is 1. The lowest BCUT2D eigenvalue weighted by Crippen LogP contribution is -2.29. The molecule has 3 rings (SSSR count). The van der Waals surface area contributed by atoms with Gasteiger partial charge in [-0.3, -0.25) is 9.78 Å². The number of carbonyl (C=O) groups is 1. The molecule has 3 nitrogen and oxygen atoms in total. The van der Waals surface area contributed by atoms with Gasteiger partial charge in [0.05, 0.1) is 15.9 Å². The Bertz CT molecular complexity index is 766. The van der Waals surface area contributed by atoms with Crippen molar-refractivity contribution in [3.63, 3.8) is 0 Å². The number of amides is 1. The minimum Gasteiger partial charge on any atom is -0.341 e. The lowest BCUT2D eigenvalue weighted by atomic mass is 9.99. The van der Waals surface area contributed by atoms with Crippen molar-refractivity contribution in [2.24, 2.45) is 0 Å². The lowest BCUT2D eigenvalue weighted by Gasteiger charge is -2.19. The van der Waals surface area contributed by atoms with Gasteiger partial charge in [0.1, 0.15) is 4.34 Å². The highest BCUT2D eigenvalue weighted by atomic mass is 35.5. The monoisotopic (exact) mass is 362 g/mol. The van der Waals surface area contributed by atoms with Crippen LogP contribution in [0.2, 0.25) is 8.67 Å². The van der Waals surface area contributed by atoms with E-state index in [0.29, 0.717) is 14.2 Å². The van der Waals surface area contributed by atoms with Crippen LogP contribution in [0.4, 0.5) is 0 Å². The zero-order chi connectivity index (χ0) is 16.2. The van der Waals surface area contributed by atoms with Crippen LogP contribution < -0.4 is 5.32 Å². The molecule has 2 aromatic heterocycles. The molecular formula is C17H12Cl2N2OS. The topological polar surface area (TPSA) is 42.0 Å². The maximum Gasteiger partial charge on any atom is 0.254 e. The van der Waals surface area contributed by atoms with Gasteiger partial charge in [0, 0.05) is 12.4 Å². The molecule has 0 fully saturated rings. The van der Waals surface area contributed by atoms with E-state index in [1.807, 2.05) is 42.5 Å². The molecule has 0 aliphatic heterocycles. The van der Waals surface area contributed by atoms with Crippen molar-refractivity contribution in [1.29, 1.82) is 0 Å². The maximum absolute atomic E-state index is 12.6. The summed E-state index contributed by atoms with van der Waals surface area (Å²) in [6.07, 6.45) is 3.40. The highest BCUT2D eigenvalue weighted by Gasteiger charge is 2.20. The number of carbonyl (C=O) groups excluding carboxylic acids is 1. The van der Waals surface area contributed by atoms with Crippen LogP contribution in [0.15, 0.2) is 60.9 Å². The van der Waals surface area contributed by atoms with Gasteiger partial charge in [-0.2, -0.15) is 0 Å². The van der Waals surface area contributed by atoms with Crippen LogP contribution in [0.5, 0.6) is 0 Å². The van der Waals surface area contributed by atoms with Crippen molar-refractivity contribution in [2.75, 3.05) is 0 Å². The lowest BCUT2D eigenvalue weighted by molar-refractivity contribution is 0.0943. The first-order chi connectivity index (χ1) is 11.1. The Balaban J connectivity index is 1.93. The molecule has 0 spiro atoms. The van der Waals surface area contributed by atoms with Gasteiger partial charge in [-0.1, -0.05) is 53.5 Å². The summed E-state index contributed by atoms with van der Waals surface area (Å²) in [7, 11) is 0. The Morgan fingerprint density at radius 3 is 2.30 bits per heavy atom. The molecule has 1 aromatic carbocycles. The van der Waals surface area contributed by atoms with Crippen LogP contribution in [0.25, 0.3) is 0 Å². The second-order valence-electron chi connectivity index (χ2n) is 4.84. The third-order valence-corrected chi connectivity index (χ3v) is 4.84. The normalized spacial score (nSPS) is 11.9. The minimum absolute atomic E-state index is 0.260. The third-order valence-electron chi connectivity index (χ3n) is 3.35. The molecule has 0 aliphatic rings. The Kier molecular flexibility index (Phi) is 4.96. The van der Waals surface area contributed by atoms with Crippen molar-refractivity contribution in [2.45, 2.75) is 6.04 Å². The van der Waals surface area contributed by atoms with Crippen molar-refractivity contribution in [1.82, 2.24) is 10.3 Å². The van der Waals surface area contributed by atoms with Gasteiger partial charge >= 0.3 is 0 Å². The molecule has 0 radical (unpaired) electrons. The van der Waals surface area contributed by atoms with Gasteiger partial charge in [0.25, 0.3) is 5.91 Å². The van der Waals surface area contributed by atoms with Crippen LogP contribution in [-0.2, 0) is 0 Å². The predicted molar refractivity (Wildman–Crippen MR) is 94.3 cm³/mol. The van der Waals surface area contributed by atoms with E-state index in [-0.39, 0.29) is 11.9 Å². The highest BCUT2D eigenvalue weighted by molar-refractivity contribution is 7.20. The summed E-state index contributed by atoms with van der Waals surface area (Å²) in [6.45, 7) is 0. The summed E-state index contributed by atoms with van der Waals surface area (Å²) in [6, 6.07) is 14.8. The van der Waals surface area contributed by atoms with Gasteiger partial charge in [-0.15, -0.1) is 11.3 Å². The Hall–Kier alpha value is -1.88. The van der Waals surface area contributed by atoms with Crippen LogP contribution in [0.3, 0.4) is 0 Å². The Labute approximate surface area is 147 Å². The summed E-state index contributed by atoms with van der Waals surface area (Å²) in [5.41, 5.74) is 2.30. The molecule has 0 bridgehead atoms. The molecule has 23 heavy (non-hydrogen) atoms. The fraction of sp³-hybridized carbons (Fsp3) is 0.0588. The quantitative estimate of drug-likeness (QED) is 0.711. The van der Waals surface area contributed by atoms with Crippen molar-refractivity contribution < 1.29 is 4.79 Å². The van der Waals surface area contributed by atoms with Crippen LogP contribution in [-0.4, -0.2) is 10.9 Å². The number of benzene rings is 1. The van der Waals surface area contributed by atoms with E-state index in [1.54, 1.807) is 18.5 Å². The molecule has 116 valence electrons. The first-order valence-corrected chi connectivity index (χ1v) is 8.43. The number of aromatic nitrogens is 1. The maximum atomic E-state index is 12.6. The molecule has 1 amide bonds. The minimum atomic E-state index is -0.290. The van der Waals surface area contributed by atoms with E-state index < -0.39 is 0 Å². The fourth-order valence-electron chi connectivity index (χ4n) is 2.26. The molecule has 1 unspecified atom stereocenters. The number of hydrogen-bond donors (Lipinski definition) is 1. The van der Waals surface area contributed by atoms with Crippen molar-refractivity contribution in [3.05, 3.63) is 86.3 Å². The Morgan fingerprint density at radius 2 is 1.70 bits per heavy atom. The van der Waals surface area contributed by atoms with E-state index in [9.17, 15) is 4.79 Å². The largest absolute Gasteiger partial charge is 0.341 e. The number of pyridine rings is 1. The molecule has 1 atom stereocenters. The van der Waals surface area contributed by atoms with Gasteiger partial charge in [0.15, 0.2) is 0 Å². The van der Waals surface area contributed by atoms with Crippen LogP contribution in [0, 0.1) is 0 Å². The van der Waals surface area contributed by atoms with E-state index >= 15 is 0 Å². The summed E-state index contributed by atoms with van der Waals surface area (Å²) in [4.78, 5) is 16.6. The second-order valence-corrected chi connectivity index (χ2v) is 7.12. The zero-order valence-corrected chi connectivity index (χ0v) is 14.2. The number of nitrogens with one attached hydrogen (secondary N) is 1. The van der Waals surface area contributed by atoms with E-state index in [4.69, 9.17) is 23.2 Å². The number of hydrogen-bond acceptors (Lipinski definition) is 3. The molecule has 0 aliphatic carbocycles. The van der Waals surface area contributed by atoms with E-state index in [0.717, 1.165) is 11.1 Å². The summed E-state index contributed by atoms with van der Waals surface area (Å²) >= 11 is 13.2. The number of thiophene rings is 1. The van der Waals surface area contributed by atoms with E-state index in [1.165, 1.54) is 11.3 Å². The Morgan fingerprint density at radius 1 is 1.04 bits per heavy atom. The van der Waals surface area contributed by atoms with Gasteiger partial charge in [-0.25, -0.2) is 0 Å². The summed E-state index contributed by atoms with van der Waals surface area (Å²) in [5, 5.41) is 3.02. The average Bonchev–Trinajstić information content (AvgIpc) is 2.92. The molecule has 1 N–H and O–H groups in total. The summed E-state index contributed by atoms with van der Waals surface area (Å²) in [5.74, 6) is -0.260. The molecule has 0 saturated carbocycles. The molecule has 3 aromatic rings. The average molecular weight is 363 g/mol. The number of rotatable bonds is 4. The second kappa shape index (κ2) is 7.13. The molecule has 0 saturated heterocycles. The van der Waals surface area contributed by atoms with Gasteiger partial charge < -0.3 is 5.32 Å². The highest BCUT2D eigenvalue weighted by Crippen LogP contribution is 2.32. The van der Waals surface area contributed by atoms with Gasteiger partial charge in [0.2, 0.25) is 0 Å². The first-order valence-electron chi connectivity index (χ1n) is 6.85. The smallest absolute Gasteiger partial charge is 0.254 e. The standard InChI is InChI=1S/C17H12Cl2N2OS/c18-14-10-13(16(19)23-14)17(22)21-15(11-4-2-1-3-5-11)12-6-8-20-9-7-12/h1-10,15H,(H,21,22). The van der Waals surface area contributed by atoms with Crippen molar-refractivity contribution in [3.8, 4) is 0 Å². The van der Waals surface area contributed by atoms with E-state index in [2.05, 4.69) is 10.3 Å². The molecular weight excluding hydrogens is 351 g/mol.